The predicted octanol–water partition coefficient (Wildman–Crippen LogP) is 2.45. The molecule has 6 heteroatoms. The second-order valence-corrected chi connectivity index (χ2v) is 5.62. The Balaban J connectivity index is 2.00. The van der Waals surface area contributed by atoms with Gasteiger partial charge < -0.3 is 5.32 Å². The molecular formula is C15H13N5S. The first kappa shape index (κ1) is 12.3. The molecular weight excluding hydrogens is 282 g/mol. The largest absolute Gasteiger partial charge is 0.368 e. The van der Waals surface area contributed by atoms with Gasteiger partial charge in [-0.2, -0.15) is 0 Å². The van der Waals surface area contributed by atoms with Crippen molar-refractivity contribution < 1.29 is 0 Å². The number of hydrogen-bond donors (Lipinski definition) is 1. The number of nitrogens with one attached hydrogen (secondary N) is 1. The quantitative estimate of drug-likeness (QED) is 0.807. The summed E-state index contributed by atoms with van der Waals surface area (Å²) in [6.45, 7) is 5.44. The standard InChI is InChI=1S/C15H13N5S/c1-2-13-18-15-10(14-16-7-8-17-14)5-6-11(20(15)19-13)12-4-3-9-21-12/h2-6,9H,1,7-8H2,(H,16,17). The van der Waals surface area contributed by atoms with Gasteiger partial charge in [-0.3, -0.25) is 4.99 Å². The number of rotatable bonds is 3. The van der Waals surface area contributed by atoms with E-state index in [2.05, 4.69) is 50.5 Å². The molecule has 21 heavy (non-hydrogen) atoms. The molecule has 0 bridgehead atoms. The van der Waals surface area contributed by atoms with Crippen molar-refractivity contribution in [2.75, 3.05) is 13.1 Å². The lowest BCUT2D eigenvalue weighted by Gasteiger charge is -2.07. The minimum absolute atomic E-state index is 0.624. The number of thiophene rings is 1. The molecule has 0 fully saturated rings. The third-order valence-corrected chi connectivity index (χ3v) is 4.28. The SMILES string of the molecule is C=Cc1nc2c(C3=NCCN3)ccc(-c3cccs3)n2n1. The maximum Gasteiger partial charge on any atom is 0.174 e. The fraction of sp³-hybridized carbons (Fsp3) is 0.133. The molecule has 0 radical (unpaired) electrons. The summed E-state index contributed by atoms with van der Waals surface area (Å²) in [5.41, 5.74) is 2.82. The molecule has 5 nitrogen and oxygen atoms in total. The number of aliphatic imine (C=N–C) groups is 1. The molecule has 4 heterocycles. The van der Waals surface area contributed by atoms with Gasteiger partial charge >= 0.3 is 0 Å². The van der Waals surface area contributed by atoms with Crippen molar-refractivity contribution in [3.8, 4) is 10.6 Å². The third kappa shape index (κ3) is 1.95. The Morgan fingerprint density at radius 1 is 1.33 bits per heavy atom. The third-order valence-electron chi connectivity index (χ3n) is 3.39. The van der Waals surface area contributed by atoms with E-state index < -0.39 is 0 Å². The Morgan fingerprint density at radius 2 is 2.29 bits per heavy atom. The Kier molecular flexibility index (Phi) is 2.82. The average Bonchev–Trinajstić information content (AvgIpc) is 3.25. The van der Waals surface area contributed by atoms with Crippen LogP contribution in [0.2, 0.25) is 0 Å². The Labute approximate surface area is 125 Å². The molecule has 104 valence electrons. The second-order valence-electron chi connectivity index (χ2n) is 4.68. The first-order chi connectivity index (χ1) is 10.4. The lowest BCUT2D eigenvalue weighted by molar-refractivity contribution is 0.953. The lowest BCUT2D eigenvalue weighted by atomic mass is 10.2. The number of aromatic nitrogens is 3. The van der Waals surface area contributed by atoms with Crippen LogP contribution in [0.15, 0.2) is 41.2 Å². The minimum atomic E-state index is 0.624. The number of pyridine rings is 1. The van der Waals surface area contributed by atoms with E-state index in [4.69, 9.17) is 0 Å². The molecule has 0 amide bonds. The number of nitrogens with zero attached hydrogens (tertiary/aromatic N) is 4. The van der Waals surface area contributed by atoms with Gasteiger partial charge in [0.05, 0.1) is 22.7 Å². The summed E-state index contributed by atoms with van der Waals surface area (Å²) in [5.74, 6) is 1.51. The van der Waals surface area contributed by atoms with Crippen molar-refractivity contribution in [2.45, 2.75) is 0 Å². The molecule has 0 spiro atoms. The summed E-state index contributed by atoms with van der Waals surface area (Å²) in [5, 5.41) is 9.88. The molecule has 1 aliphatic heterocycles. The summed E-state index contributed by atoms with van der Waals surface area (Å²) >= 11 is 1.69. The Hall–Kier alpha value is -2.47. The molecule has 4 rings (SSSR count). The van der Waals surface area contributed by atoms with Crippen molar-refractivity contribution in [1.82, 2.24) is 19.9 Å². The summed E-state index contributed by atoms with van der Waals surface area (Å²) in [7, 11) is 0. The molecule has 1 N–H and O–H groups in total. The van der Waals surface area contributed by atoms with Crippen LogP contribution in [-0.2, 0) is 0 Å². The molecule has 3 aromatic rings. The normalized spacial score (nSPS) is 14.2. The van der Waals surface area contributed by atoms with E-state index >= 15 is 0 Å². The fourth-order valence-electron chi connectivity index (χ4n) is 2.44. The minimum Gasteiger partial charge on any atom is -0.368 e. The van der Waals surface area contributed by atoms with Crippen LogP contribution >= 0.6 is 11.3 Å². The first-order valence-corrected chi connectivity index (χ1v) is 7.59. The zero-order valence-corrected chi connectivity index (χ0v) is 12.1. The zero-order chi connectivity index (χ0) is 14.2. The van der Waals surface area contributed by atoms with Gasteiger partial charge in [-0.05, 0) is 29.7 Å². The predicted molar refractivity (Wildman–Crippen MR) is 85.8 cm³/mol. The maximum atomic E-state index is 4.56. The van der Waals surface area contributed by atoms with Gasteiger partial charge in [-0.25, -0.2) is 9.50 Å². The van der Waals surface area contributed by atoms with E-state index in [9.17, 15) is 0 Å². The van der Waals surface area contributed by atoms with Crippen LogP contribution in [0.4, 0.5) is 0 Å². The molecule has 0 saturated carbocycles. The van der Waals surface area contributed by atoms with Crippen LogP contribution < -0.4 is 5.32 Å². The maximum absolute atomic E-state index is 4.56. The van der Waals surface area contributed by atoms with Crippen molar-refractivity contribution in [3.63, 3.8) is 0 Å². The highest BCUT2D eigenvalue weighted by atomic mass is 32.1. The van der Waals surface area contributed by atoms with Crippen LogP contribution in [0.3, 0.4) is 0 Å². The van der Waals surface area contributed by atoms with Crippen LogP contribution in [0, 0.1) is 0 Å². The zero-order valence-electron chi connectivity index (χ0n) is 11.3. The van der Waals surface area contributed by atoms with Gasteiger partial charge in [0, 0.05) is 6.54 Å². The van der Waals surface area contributed by atoms with E-state index in [0.29, 0.717) is 5.82 Å². The van der Waals surface area contributed by atoms with Crippen LogP contribution in [-0.4, -0.2) is 33.5 Å². The van der Waals surface area contributed by atoms with Crippen LogP contribution in [0.25, 0.3) is 22.3 Å². The van der Waals surface area contributed by atoms with Gasteiger partial charge in [0.2, 0.25) is 0 Å². The average molecular weight is 295 g/mol. The summed E-state index contributed by atoms with van der Waals surface area (Å²) in [6, 6.07) is 8.24. The molecule has 3 aromatic heterocycles. The highest BCUT2D eigenvalue weighted by molar-refractivity contribution is 7.13. The van der Waals surface area contributed by atoms with Crippen LogP contribution in [0.5, 0.6) is 0 Å². The van der Waals surface area contributed by atoms with Crippen molar-refractivity contribution in [3.05, 3.63) is 47.6 Å². The Bertz CT molecular complexity index is 844. The monoisotopic (exact) mass is 295 g/mol. The molecule has 1 aliphatic rings. The van der Waals surface area contributed by atoms with E-state index in [1.54, 1.807) is 17.4 Å². The van der Waals surface area contributed by atoms with E-state index in [1.165, 1.54) is 0 Å². The van der Waals surface area contributed by atoms with E-state index in [1.807, 2.05) is 10.6 Å². The molecule has 0 unspecified atom stereocenters. The van der Waals surface area contributed by atoms with Crippen LogP contribution in [0.1, 0.15) is 11.4 Å². The molecule has 0 aromatic carbocycles. The second kappa shape index (κ2) is 4.82. The Morgan fingerprint density at radius 3 is 3.00 bits per heavy atom. The van der Waals surface area contributed by atoms with Crippen molar-refractivity contribution >= 4 is 28.9 Å². The smallest absolute Gasteiger partial charge is 0.174 e. The highest BCUT2D eigenvalue weighted by Gasteiger charge is 2.17. The summed E-state index contributed by atoms with van der Waals surface area (Å²) in [6.07, 6.45) is 1.67. The van der Waals surface area contributed by atoms with Crippen molar-refractivity contribution in [2.24, 2.45) is 4.99 Å². The molecule has 0 atom stereocenters. The van der Waals surface area contributed by atoms with E-state index in [-0.39, 0.29) is 0 Å². The van der Waals surface area contributed by atoms with Gasteiger partial charge in [-0.1, -0.05) is 12.6 Å². The lowest BCUT2D eigenvalue weighted by Crippen LogP contribution is -2.20. The number of amidine groups is 1. The topological polar surface area (TPSA) is 54.6 Å². The summed E-state index contributed by atoms with van der Waals surface area (Å²) < 4.78 is 1.88. The van der Waals surface area contributed by atoms with E-state index in [0.717, 1.165) is 40.7 Å². The van der Waals surface area contributed by atoms with Gasteiger partial charge in [0.1, 0.15) is 5.84 Å². The number of hydrogen-bond acceptors (Lipinski definition) is 5. The molecule has 0 aliphatic carbocycles. The number of fused-ring (bicyclic) bond motifs is 1. The highest BCUT2D eigenvalue weighted by Crippen LogP contribution is 2.26. The van der Waals surface area contributed by atoms with Gasteiger partial charge in [-0.15, -0.1) is 16.4 Å². The first-order valence-electron chi connectivity index (χ1n) is 6.71. The van der Waals surface area contributed by atoms with Gasteiger partial charge in [0.25, 0.3) is 0 Å². The van der Waals surface area contributed by atoms with Gasteiger partial charge in [0.15, 0.2) is 11.5 Å². The summed E-state index contributed by atoms with van der Waals surface area (Å²) in [4.78, 5) is 10.2. The van der Waals surface area contributed by atoms with Crippen molar-refractivity contribution in [1.29, 1.82) is 0 Å². The fourth-order valence-corrected chi connectivity index (χ4v) is 3.17. The molecule has 0 saturated heterocycles.